The predicted octanol–water partition coefficient (Wildman–Crippen LogP) is 5.68. The SMILES string of the molecule is CCc1cc(-c2n[nH]c(C)c2-c2ccc3c(c2)OCCO3)c(O)cc1OCc1cccc(OC)c1. The smallest absolute Gasteiger partial charge is 0.161 e. The zero-order valence-corrected chi connectivity index (χ0v) is 20.1. The lowest BCUT2D eigenvalue weighted by Gasteiger charge is -2.19. The van der Waals surface area contributed by atoms with Crippen molar-refractivity contribution >= 4 is 0 Å². The molecule has 0 saturated heterocycles. The summed E-state index contributed by atoms with van der Waals surface area (Å²) in [4.78, 5) is 0. The van der Waals surface area contributed by atoms with Crippen LogP contribution < -0.4 is 18.9 Å². The summed E-state index contributed by atoms with van der Waals surface area (Å²) < 4.78 is 22.8. The van der Waals surface area contributed by atoms with Crippen LogP contribution >= 0.6 is 0 Å². The van der Waals surface area contributed by atoms with Gasteiger partial charge in [-0.3, -0.25) is 5.10 Å². The Morgan fingerprint density at radius 1 is 1.03 bits per heavy atom. The van der Waals surface area contributed by atoms with E-state index in [1.807, 2.05) is 55.5 Å². The Morgan fingerprint density at radius 2 is 1.86 bits per heavy atom. The number of aromatic hydroxyl groups is 1. The maximum absolute atomic E-state index is 11.0. The number of phenolic OH excluding ortho intramolecular Hbond substituents is 1. The van der Waals surface area contributed by atoms with Gasteiger partial charge < -0.3 is 24.1 Å². The Labute approximate surface area is 204 Å². The van der Waals surface area contributed by atoms with Crippen LogP contribution in [0.5, 0.6) is 28.7 Å². The lowest BCUT2D eigenvalue weighted by Crippen LogP contribution is -2.15. The monoisotopic (exact) mass is 472 g/mol. The third kappa shape index (κ3) is 4.49. The first-order chi connectivity index (χ1) is 17.1. The molecule has 35 heavy (non-hydrogen) atoms. The van der Waals surface area contributed by atoms with E-state index >= 15 is 0 Å². The number of ether oxygens (including phenoxy) is 4. The zero-order valence-electron chi connectivity index (χ0n) is 20.1. The van der Waals surface area contributed by atoms with Crippen LogP contribution in [0.3, 0.4) is 0 Å². The number of hydrogen-bond donors (Lipinski definition) is 2. The molecule has 2 heterocycles. The number of fused-ring (bicyclic) bond motifs is 1. The number of aryl methyl sites for hydroxylation is 2. The van der Waals surface area contributed by atoms with E-state index in [2.05, 4.69) is 17.1 Å². The highest BCUT2D eigenvalue weighted by Gasteiger charge is 2.21. The minimum atomic E-state index is 0.105. The van der Waals surface area contributed by atoms with Gasteiger partial charge in [-0.1, -0.05) is 25.1 Å². The van der Waals surface area contributed by atoms with Crippen LogP contribution in [-0.2, 0) is 13.0 Å². The van der Waals surface area contributed by atoms with Crippen LogP contribution in [0.1, 0.15) is 23.7 Å². The van der Waals surface area contributed by atoms with E-state index in [9.17, 15) is 5.11 Å². The summed E-state index contributed by atoms with van der Waals surface area (Å²) in [6.45, 7) is 5.46. The standard InChI is InChI=1S/C28H28N2O5/c1-4-19-13-22(23(31)15-25(19)35-16-18-6-5-7-21(12-18)32-3)28-27(17(2)29-30-28)20-8-9-24-26(14-20)34-11-10-33-24/h5-9,12-15,31H,4,10-11,16H2,1-3H3,(H,29,30). The summed E-state index contributed by atoms with van der Waals surface area (Å²) in [6.07, 6.45) is 0.740. The lowest BCUT2D eigenvalue weighted by molar-refractivity contribution is 0.171. The van der Waals surface area contributed by atoms with Gasteiger partial charge in [0.15, 0.2) is 11.5 Å². The number of nitrogens with zero attached hydrogens (tertiary/aromatic N) is 1. The Hall–Kier alpha value is -4.13. The minimum absolute atomic E-state index is 0.105. The summed E-state index contributed by atoms with van der Waals surface area (Å²) >= 11 is 0. The fourth-order valence-corrected chi connectivity index (χ4v) is 4.31. The number of phenols is 1. The average molecular weight is 473 g/mol. The second kappa shape index (κ2) is 9.62. The van der Waals surface area contributed by atoms with Gasteiger partial charge in [0.05, 0.1) is 7.11 Å². The zero-order chi connectivity index (χ0) is 24.4. The molecule has 1 aliphatic rings. The highest BCUT2D eigenvalue weighted by molar-refractivity contribution is 5.86. The van der Waals surface area contributed by atoms with Crippen molar-refractivity contribution in [2.45, 2.75) is 26.9 Å². The van der Waals surface area contributed by atoms with Gasteiger partial charge in [0.25, 0.3) is 0 Å². The Bertz CT molecular complexity index is 1360. The van der Waals surface area contributed by atoms with E-state index in [0.717, 1.165) is 45.9 Å². The third-order valence-corrected chi connectivity index (χ3v) is 6.12. The molecular formula is C28H28N2O5. The topological polar surface area (TPSA) is 85.8 Å². The molecule has 7 nitrogen and oxygen atoms in total. The van der Waals surface area contributed by atoms with Gasteiger partial charge in [-0.15, -0.1) is 0 Å². The largest absolute Gasteiger partial charge is 0.507 e. The van der Waals surface area contributed by atoms with Crippen LogP contribution in [0.25, 0.3) is 22.4 Å². The maximum Gasteiger partial charge on any atom is 0.161 e. The molecule has 4 aromatic rings. The molecule has 0 saturated carbocycles. The number of methoxy groups -OCH3 is 1. The van der Waals surface area contributed by atoms with Crippen LogP contribution in [0, 0.1) is 6.92 Å². The van der Waals surface area contributed by atoms with E-state index in [1.165, 1.54) is 0 Å². The van der Waals surface area contributed by atoms with Gasteiger partial charge in [0.2, 0.25) is 0 Å². The molecule has 180 valence electrons. The molecule has 0 unspecified atom stereocenters. The fraction of sp³-hybridized carbons (Fsp3) is 0.250. The van der Waals surface area contributed by atoms with Crippen molar-refractivity contribution in [3.8, 4) is 51.1 Å². The van der Waals surface area contributed by atoms with E-state index < -0.39 is 0 Å². The Morgan fingerprint density at radius 3 is 2.66 bits per heavy atom. The molecule has 2 N–H and O–H groups in total. The first-order valence-electron chi connectivity index (χ1n) is 11.6. The van der Waals surface area contributed by atoms with Crippen LogP contribution in [0.15, 0.2) is 54.6 Å². The predicted molar refractivity (Wildman–Crippen MR) is 134 cm³/mol. The van der Waals surface area contributed by atoms with Gasteiger partial charge in [-0.25, -0.2) is 0 Å². The molecule has 0 spiro atoms. The molecule has 0 aliphatic carbocycles. The molecule has 0 fully saturated rings. The number of rotatable bonds is 7. The van der Waals surface area contributed by atoms with Gasteiger partial charge in [0, 0.05) is 22.9 Å². The van der Waals surface area contributed by atoms with Crippen molar-refractivity contribution < 1.29 is 24.1 Å². The Kier molecular flexibility index (Phi) is 6.23. The van der Waals surface area contributed by atoms with Crippen molar-refractivity contribution in [2.75, 3.05) is 20.3 Å². The molecule has 0 radical (unpaired) electrons. The van der Waals surface area contributed by atoms with Crippen molar-refractivity contribution in [3.05, 3.63) is 71.4 Å². The highest BCUT2D eigenvalue weighted by atomic mass is 16.6. The van der Waals surface area contributed by atoms with Crippen molar-refractivity contribution in [3.63, 3.8) is 0 Å². The highest BCUT2D eigenvalue weighted by Crippen LogP contribution is 2.43. The molecule has 1 aromatic heterocycles. The minimum Gasteiger partial charge on any atom is -0.507 e. The normalized spacial score (nSPS) is 12.4. The fourth-order valence-electron chi connectivity index (χ4n) is 4.31. The first kappa shape index (κ1) is 22.7. The van der Waals surface area contributed by atoms with Gasteiger partial charge in [-0.2, -0.15) is 5.10 Å². The summed E-state index contributed by atoms with van der Waals surface area (Å²) in [5, 5.41) is 18.6. The first-order valence-corrected chi connectivity index (χ1v) is 11.6. The number of H-pyrrole nitrogens is 1. The Balaban J connectivity index is 1.48. The summed E-state index contributed by atoms with van der Waals surface area (Å²) in [7, 11) is 1.64. The van der Waals surface area contributed by atoms with Gasteiger partial charge in [-0.05, 0) is 60.4 Å². The molecule has 0 bridgehead atoms. The number of hydrogen-bond acceptors (Lipinski definition) is 6. The number of benzene rings is 3. The van der Waals surface area contributed by atoms with Crippen LogP contribution in [0.4, 0.5) is 0 Å². The molecule has 7 heteroatoms. The van der Waals surface area contributed by atoms with E-state index in [-0.39, 0.29) is 5.75 Å². The van der Waals surface area contributed by atoms with E-state index in [1.54, 1.807) is 13.2 Å². The third-order valence-electron chi connectivity index (χ3n) is 6.12. The summed E-state index contributed by atoms with van der Waals surface area (Å²) in [6, 6.07) is 17.2. The van der Waals surface area contributed by atoms with Gasteiger partial charge in [0.1, 0.15) is 42.8 Å². The number of aromatic amines is 1. The number of aromatic nitrogens is 2. The second-order valence-corrected chi connectivity index (χ2v) is 8.40. The molecule has 3 aromatic carbocycles. The van der Waals surface area contributed by atoms with E-state index in [4.69, 9.17) is 18.9 Å². The number of nitrogens with one attached hydrogen (secondary N) is 1. The van der Waals surface area contributed by atoms with E-state index in [0.29, 0.717) is 42.6 Å². The maximum atomic E-state index is 11.0. The summed E-state index contributed by atoms with van der Waals surface area (Å²) in [5.41, 5.74) is 6.02. The molecule has 0 amide bonds. The molecule has 0 atom stereocenters. The van der Waals surface area contributed by atoms with Crippen LogP contribution in [0.2, 0.25) is 0 Å². The van der Waals surface area contributed by atoms with Crippen molar-refractivity contribution in [2.24, 2.45) is 0 Å². The van der Waals surface area contributed by atoms with Gasteiger partial charge >= 0.3 is 0 Å². The van der Waals surface area contributed by atoms with Crippen LogP contribution in [-0.4, -0.2) is 35.6 Å². The second-order valence-electron chi connectivity index (χ2n) is 8.40. The van der Waals surface area contributed by atoms with Crippen molar-refractivity contribution in [1.82, 2.24) is 10.2 Å². The molecule has 1 aliphatic heterocycles. The lowest BCUT2D eigenvalue weighted by atomic mass is 9.96. The molecular weight excluding hydrogens is 444 g/mol. The molecule has 5 rings (SSSR count). The van der Waals surface area contributed by atoms with Crippen molar-refractivity contribution in [1.29, 1.82) is 0 Å². The quantitative estimate of drug-likeness (QED) is 0.360. The average Bonchev–Trinajstić information content (AvgIpc) is 3.28. The summed E-state index contributed by atoms with van der Waals surface area (Å²) in [5.74, 6) is 2.97.